The maximum atomic E-state index is 13.1. The second-order valence-electron chi connectivity index (χ2n) is 4.19. The lowest BCUT2D eigenvalue weighted by Crippen LogP contribution is -2.12. The average Bonchev–Trinajstić information content (AvgIpc) is 2.40. The number of nitrogens with one attached hydrogen (secondary N) is 1. The van der Waals surface area contributed by atoms with Gasteiger partial charge in [-0.2, -0.15) is 0 Å². The molecule has 2 aromatic rings. The number of hydrogen-bond donors (Lipinski definition) is 2. The third-order valence-electron chi connectivity index (χ3n) is 2.75. The summed E-state index contributed by atoms with van der Waals surface area (Å²) in [5, 5.41) is 13.5. The summed E-state index contributed by atoms with van der Waals surface area (Å²) < 4.78 is 26.9. The van der Waals surface area contributed by atoms with E-state index in [1.807, 2.05) is 6.07 Å². The lowest BCUT2D eigenvalue weighted by atomic mass is 10.1. The van der Waals surface area contributed by atoms with Crippen molar-refractivity contribution < 1.29 is 13.9 Å². The zero-order valence-electron chi connectivity index (χ0n) is 10.2. The molecule has 2 nitrogen and oxygen atoms in total. The van der Waals surface area contributed by atoms with Crippen molar-refractivity contribution in [2.24, 2.45) is 0 Å². The van der Waals surface area contributed by atoms with Gasteiger partial charge in [0.2, 0.25) is 0 Å². The zero-order valence-corrected chi connectivity index (χ0v) is 13.1. The molecule has 0 aromatic heterocycles. The summed E-state index contributed by atoms with van der Waals surface area (Å²) in [6.45, 7) is 0.144. The van der Waals surface area contributed by atoms with E-state index in [2.05, 4.69) is 27.9 Å². The van der Waals surface area contributed by atoms with Crippen LogP contribution in [0.4, 0.5) is 14.5 Å². The van der Waals surface area contributed by atoms with Crippen molar-refractivity contribution in [1.29, 1.82) is 0 Å². The van der Waals surface area contributed by atoms with Crippen LogP contribution in [-0.4, -0.2) is 11.7 Å². The topological polar surface area (TPSA) is 32.3 Å². The molecule has 0 aliphatic carbocycles. The number of aliphatic hydroxyl groups is 1. The number of halogens is 4. The SMILES string of the molecule is OC(CNc1ccc(I)cc1Cl)c1ccc(F)c(F)c1. The number of anilines is 1. The van der Waals surface area contributed by atoms with Gasteiger partial charge in [0.05, 0.1) is 16.8 Å². The Bertz CT molecular complexity index is 624. The van der Waals surface area contributed by atoms with Gasteiger partial charge in [0, 0.05) is 10.1 Å². The van der Waals surface area contributed by atoms with Crippen LogP contribution < -0.4 is 5.32 Å². The number of benzene rings is 2. The molecule has 20 heavy (non-hydrogen) atoms. The van der Waals surface area contributed by atoms with Gasteiger partial charge >= 0.3 is 0 Å². The second kappa shape index (κ2) is 6.69. The Kier molecular flexibility index (Phi) is 5.17. The van der Waals surface area contributed by atoms with Gasteiger partial charge in [-0.15, -0.1) is 0 Å². The monoisotopic (exact) mass is 409 g/mol. The quantitative estimate of drug-likeness (QED) is 0.735. The Balaban J connectivity index is 2.04. The summed E-state index contributed by atoms with van der Waals surface area (Å²) in [6.07, 6.45) is -0.958. The zero-order chi connectivity index (χ0) is 14.7. The van der Waals surface area contributed by atoms with Gasteiger partial charge in [0.1, 0.15) is 0 Å². The highest BCUT2D eigenvalue weighted by molar-refractivity contribution is 14.1. The Morgan fingerprint density at radius 1 is 1.15 bits per heavy atom. The van der Waals surface area contributed by atoms with Gasteiger partial charge in [-0.25, -0.2) is 8.78 Å². The van der Waals surface area contributed by atoms with E-state index < -0.39 is 17.7 Å². The third kappa shape index (κ3) is 3.80. The minimum atomic E-state index is -0.978. The largest absolute Gasteiger partial charge is 0.387 e. The minimum Gasteiger partial charge on any atom is -0.387 e. The molecule has 0 radical (unpaired) electrons. The van der Waals surface area contributed by atoms with E-state index in [1.165, 1.54) is 6.07 Å². The van der Waals surface area contributed by atoms with E-state index in [0.29, 0.717) is 16.3 Å². The van der Waals surface area contributed by atoms with Crippen molar-refractivity contribution in [3.05, 3.63) is 62.2 Å². The van der Waals surface area contributed by atoms with Crippen LogP contribution in [0.2, 0.25) is 5.02 Å². The van der Waals surface area contributed by atoms with E-state index in [-0.39, 0.29) is 6.54 Å². The summed E-state index contributed by atoms with van der Waals surface area (Å²) >= 11 is 8.19. The van der Waals surface area contributed by atoms with Gasteiger partial charge in [-0.05, 0) is 58.5 Å². The summed E-state index contributed by atoms with van der Waals surface area (Å²) in [4.78, 5) is 0. The van der Waals surface area contributed by atoms with Crippen LogP contribution in [0.5, 0.6) is 0 Å². The smallest absolute Gasteiger partial charge is 0.159 e. The first kappa shape index (κ1) is 15.5. The van der Waals surface area contributed by atoms with Crippen molar-refractivity contribution in [2.75, 3.05) is 11.9 Å². The lowest BCUT2D eigenvalue weighted by molar-refractivity contribution is 0.191. The molecule has 0 aliphatic heterocycles. The fourth-order valence-electron chi connectivity index (χ4n) is 1.68. The molecule has 2 N–H and O–H groups in total. The van der Waals surface area contributed by atoms with E-state index in [9.17, 15) is 13.9 Å². The first-order chi connectivity index (χ1) is 9.47. The fraction of sp³-hybridized carbons (Fsp3) is 0.143. The van der Waals surface area contributed by atoms with Gasteiger partial charge in [-0.3, -0.25) is 0 Å². The lowest BCUT2D eigenvalue weighted by Gasteiger charge is -2.14. The maximum absolute atomic E-state index is 13.1. The first-order valence-corrected chi connectivity index (χ1v) is 7.25. The van der Waals surface area contributed by atoms with Crippen LogP contribution in [-0.2, 0) is 0 Å². The van der Waals surface area contributed by atoms with Crippen molar-refractivity contribution in [1.82, 2.24) is 0 Å². The van der Waals surface area contributed by atoms with Crippen molar-refractivity contribution >= 4 is 39.9 Å². The van der Waals surface area contributed by atoms with Crippen LogP contribution in [0.1, 0.15) is 11.7 Å². The molecular weight excluding hydrogens is 399 g/mol. The van der Waals surface area contributed by atoms with E-state index in [1.54, 1.807) is 12.1 Å². The van der Waals surface area contributed by atoms with Gasteiger partial charge in [0.15, 0.2) is 11.6 Å². The molecule has 1 atom stereocenters. The summed E-state index contributed by atoms with van der Waals surface area (Å²) in [7, 11) is 0. The standard InChI is InChI=1S/C14H11ClF2INO/c15-10-6-9(18)2-4-13(10)19-7-14(20)8-1-3-11(16)12(17)5-8/h1-6,14,19-20H,7H2. The molecule has 1 unspecified atom stereocenters. The van der Waals surface area contributed by atoms with E-state index in [0.717, 1.165) is 15.7 Å². The minimum absolute atomic E-state index is 0.144. The maximum Gasteiger partial charge on any atom is 0.159 e. The fourth-order valence-corrected chi connectivity index (χ4v) is 2.60. The molecule has 2 rings (SSSR count). The van der Waals surface area contributed by atoms with Crippen molar-refractivity contribution in [3.63, 3.8) is 0 Å². The Morgan fingerprint density at radius 2 is 1.90 bits per heavy atom. The molecule has 0 heterocycles. The van der Waals surface area contributed by atoms with E-state index in [4.69, 9.17) is 11.6 Å². The van der Waals surface area contributed by atoms with Crippen LogP contribution in [0.15, 0.2) is 36.4 Å². The molecule has 0 aliphatic rings. The first-order valence-electron chi connectivity index (χ1n) is 5.79. The molecule has 0 bridgehead atoms. The molecule has 0 spiro atoms. The molecular formula is C14H11ClF2INO. The predicted octanol–water partition coefficient (Wildman–Crippen LogP) is 4.37. The summed E-state index contributed by atoms with van der Waals surface area (Å²) in [5.41, 5.74) is 0.978. The number of aliphatic hydroxyl groups excluding tert-OH is 1. The van der Waals surface area contributed by atoms with Crippen LogP contribution in [0.25, 0.3) is 0 Å². The molecule has 0 fully saturated rings. The highest BCUT2D eigenvalue weighted by atomic mass is 127. The highest BCUT2D eigenvalue weighted by Crippen LogP contribution is 2.25. The van der Waals surface area contributed by atoms with Gasteiger partial charge in [0.25, 0.3) is 0 Å². The van der Waals surface area contributed by atoms with E-state index >= 15 is 0 Å². The number of rotatable bonds is 4. The van der Waals surface area contributed by atoms with Crippen molar-refractivity contribution in [3.8, 4) is 0 Å². The summed E-state index contributed by atoms with van der Waals surface area (Å²) in [5.74, 6) is -1.91. The molecule has 0 saturated heterocycles. The van der Waals surface area contributed by atoms with Gasteiger partial charge < -0.3 is 10.4 Å². The molecule has 0 saturated carbocycles. The van der Waals surface area contributed by atoms with Crippen LogP contribution >= 0.6 is 34.2 Å². The average molecular weight is 410 g/mol. The third-order valence-corrected chi connectivity index (χ3v) is 3.73. The highest BCUT2D eigenvalue weighted by Gasteiger charge is 2.11. The Labute approximate surface area is 133 Å². The predicted molar refractivity (Wildman–Crippen MR) is 84.0 cm³/mol. The molecule has 6 heteroatoms. The Hall–Kier alpha value is -0.920. The number of hydrogen-bond acceptors (Lipinski definition) is 2. The Morgan fingerprint density at radius 3 is 2.55 bits per heavy atom. The second-order valence-corrected chi connectivity index (χ2v) is 5.85. The normalized spacial score (nSPS) is 12.2. The van der Waals surface area contributed by atoms with Crippen LogP contribution in [0, 0.1) is 15.2 Å². The molecule has 2 aromatic carbocycles. The van der Waals surface area contributed by atoms with Crippen molar-refractivity contribution in [2.45, 2.75) is 6.10 Å². The van der Waals surface area contributed by atoms with Crippen LogP contribution in [0.3, 0.4) is 0 Å². The van der Waals surface area contributed by atoms with Gasteiger partial charge in [-0.1, -0.05) is 17.7 Å². The molecule has 0 amide bonds. The summed E-state index contributed by atoms with van der Waals surface area (Å²) in [6, 6.07) is 8.78. The molecule has 106 valence electrons.